The third-order valence-corrected chi connectivity index (χ3v) is 3.99. The summed E-state index contributed by atoms with van der Waals surface area (Å²) in [5, 5.41) is 0. The van der Waals surface area contributed by atoms with Gasteiger partial charge in [0.15, 0.2) is 0 Å². The van der Waals surface area contributed by atoms with Crippen molar-refractivity contribution in [2.75, 3.05) is 12.3 Å². The summed E-state index contributed by atoms with van der Waals surface area (Å²) in [4.78, 5) is 12.7. The highest BCUT2D eigenvalue weighted by Gasteiger charge is 2.15. The van der Waals surface area contributed by atoms with E-state index in [0.717, 1.165) is 10.6 Å². The molecule has 104 valence electrons. The van der Waals surface area contributed by atoms with E-state index in [1.165, 1.54) is 5.56 Å². The minimum Gasteiger partial charge on any atom is -0.462 e. The Kier molecular flexibility index (Phi) is 5.07. The lowest BCUT2D eigenvalue weighted by atomic mass is 10.2. The molecular weight excluding hydrogens is 270 g/mol. The molecule has 0 unspecified atom stereocenters. The first-order chi connectivity index (χ1) is 9.72. The van der Waals surface area contributed by atoms with Crippen LogP contribution >= 0.6 is 11.8 Å². The molecule has 2 rings (SSSR count). The SMILES string of the molecule is CCOC(=O)c1cccc(N)c1SCc1ccccc1. The Balaban J connectivity index is 2.20. The second kappa shape index (κ2) is 7.01. The van der Waals surface area contributed by atoms with Crippen molar-refractivity contribution in [2.45, 2.75) is 17.6 Å². The lowest BCUT2D eigenvalue weighted by Gasteiger charge is -2.11. The summed E-state index contributed by atoms with van der Waals surface area (Å²) in [5.74, 6) is 0.442. The minimum absolute atomic E-state index is 0.324. The molecule has 20 heavy (non-hydrogen) atoms. The highest BCUT2D eigenvalue weighted by atomic mass is 32.2. The smallest absolute Gasteiger partial charge is 0.339 e. The van der Waals surface area contributed by atoms with Gasteiger partial charge in [-0.25, -0.2) is 4.79 Å². The van der Waals surface area contributed by atoms with E-state index in [1.54, 1.807) is 36.9 Å². The van der Waals surface area contributed by atoms with Crippen molar-refractivity contribution < 1.29 is 9.53 Å². The van der Waals surface area contributed by atoms with Crippen molar-refractivity contribution in [2.24, 2.45) is 0 Å². The Morgan fingerprint density at radius 3 is 2.60 bits per heavy atom. The molecule has 0 radical (unpaired) electrons. The van der Waals surface area contributed by atoms with E-state index in [-0.39, 0.29) is 5.97 Å². The largest absolute Gasteiger partial charge is 0.462 e. The van der Waals surface area contributed by atoms with Gasteiger partial charge in [-0.15, -0.1) is 11.8 Å². The first-order valence-corrected chi connectivity index (χ1v) is 7.43. The van der Waals surface area contributed by atoms with Crippen LogP contribution in [0.25, 0.3) is 0 Å². The maximum atomic E-state index is 11.9. The molecule has 0 atom stereocenters. The van der Waals surface area contributed by atoms with Gasteiger partial charge in [-0.3, -0.25) is 0 Å². The molecule has 0 fully saturated rings. The summed E-state index contributed by atoms with van der Waals surface area (Å²) in [6, 6.07) is 15.4. The fourth-order valence-corrected chi connectivity index (χ4v) is 2.86. The molecule has 0 amide bonds. The van der Waals surface area contributed by atoms with E-state index in [1.807, 2.05) is 18.2 Å². The summed E-state index contributed by atoms with van der Waals surface area (Å²) >= 11 is 1.56. The number of esters is 1. The number of hydrogen-bond acceptors (Lipinski definition) is 4. The number of thioether (sulfide) groups is 1. The van der Waals surface area contributed by atoms with Gasteiger partial charge in [-0.1, -0.05) is 36.4 Å². The zero-order chi connectivity index (χ0) is 14.4. The highest BCUT2D eigenvalue weighted by Crippen LogP contribution is 2.32. The van der Waals surface area contributed by atoms with E-state index >= 15 is 0 Å². The number of anilines is 1. The van der Waals surface area contributed by atoms with E-state index in [9.17, 15) is 4.79 Å². The average Bonchev–Trinajstić information content (AvgIpc) is 2.47. The number of ether oxygens (including phenoxy) is 1. The van der Waals surface area contributed by atoms with Crippen molar-refractivity contribution in [3.63, 3.8) is 0 Å². The van der Waals surface area contributed by atoms with Gasteiger partial charge in [0.25, 0.3) is 0 Å². The molecule has 0 saturated heterocycles. The van der Waals surface area contributed by atoms with Crippen LogP contribution in [0.4, 0.5) is 5.69 Å². The van der Waals surface area contributed by atoms with Crippen LogP contribution in [0.2, 0.25) is 0 Å². The molecule has 0 saturated carbocycles. The Morgan fingerprint density at radius 2 is 1.90 bits per heavy atom. The first kappa shape index (κ1) is 14.5. The van der Waals surface area contributed by atoms with Crippen molar-refractivity contribution in [3.05, 3.63) is 59.7 Å². The lowest BCUT2D eigenvalue weighted by Crippen LogP contribution is -2.07. The zero-order valence-electron chi connectivity index (χ0n) is 11.3. The van der Waals surface area contributed by atoms with E-state index < -0.39 is 0 Å². The zero-order valence-corrected chi connectivity index (χ0v) is 12.2. The second-order valence-electron chi connectivity index (χ2n) is 4.22. The van der Waals surface area contributed by atoms with Crippen LogP contribution in [0.15, 0.2) is 53.4 Å². The molecule has 0 aliphatic carbocycles. The Labute approximate surface area is 123 Å². The van der Waals surface area contributed by atoms with E-state index in [0.29, 0.717) is 17.9 Å². The van der Waals surface area contributed by atoms with Crippen LogP contribution < -0.4 is 5.73 Å². The van der Waals surface area contributed by atoms with Gasteiger partial charge in [-0.05, 0) is 24.6 Å². The number of nitrogens with two attached hydrogens (primary N) is 1. The third kappa shape index (κ3) is 3.54. The molecule has 4 heteroatoms. The topological polar surface area (TPSA) is 52.3 Å². The molecule has 2 aromatic rings. The summed E-state index contributed by atoms with van der Waals surface area (Å²) in [6.45, 7) is 2.15. The molecular formula is C16H17NO2S. The van der Waals surface area contributed by atoms with Gasteiger partial charge in [0.1, 0.15) is 0 Å². The predicted molar refractivity (Wildman–Crippen MR) is 82.8 cm³/mol. The lowest BCUT2D eigenvalue weighted by molar-refractivity contribution is 0.0522. The molecule has 0 aliphatic rings. The average molecular weight is 287 g/mol. The molecule has 2 aromatic carbocycles. The molecule has 0 aromatic heterocycles. The molecule has 2 N–H and O–H groups in total. The van der Waals surface area contributed by atoms with Crippen molar-refractivity contribution in [3.8, 4) is 0 Å². The number of nitrogen functional groups attached to an aromatic ring is 1. The number of benzene rings is 2. The fraction of sp³-hybridized carbons (Fsp3) is 0.188. The summed E-state index contributed by atoms with van der Waals surface area (Å²) in [5.41, 5.74) is 8.32. The Bertz CT molecular complexity index is 584. The monoisotopic (exact) mass is 287 g/mol. The van der Waals surface area contributed by atoms with Crippen LogP contribution in [0.5, 0.6) is 0 Å². The van der Waals surface area contributed by atoms with Crippen molar-refractivity contribution in [1.82, 2.24) is 0 Å². The fourth-order valence-electron chi connectivity index (χ4n) is 1.82. The molecule has 3 nitrogen and oxygen atoms in total. The highest BCUT2D eigenvalue weighted by molar-refractivity contribution is 7.98. The third-order valence-electron chi connectivity index (χ3n) is 2.77. The number of carbonyl (C=O) groups is 1. The summed E-state index contributed by atoms with van der Waals surface area (Å²) < 4.78 is 5.07. The predicted octanol–water partition coefficient (Wildman–Crippen LogP) is 3.74. The first-order valence-electron chi connectivity index (χ1n) is 6.44. The minimum atomic E-state index is -0.324. The van der Waals surface area contributed by atoms with Gasteiger partial charge < -0.3 is 10.5 Å². The number of carbonyl (C=O) groups excluding carboxylic acids is 1. The standard InChI is InChI=1S/C16H17NO2S/c1-2-19-16(18)13-9-6-10-14(17)15(13)20-11-12-7-4-3-5-8-12/h3-10H,2,11,17H2,1H3. The summed E-state index contributed by atoms with van der Waals surface area (Å²) in [6.07, 6.45) is 0. The molecule has 0 spiro atoms. The Hall–Kier alpha value is -1.94. The number of hydrogen-bond donors (Lipinski definition) is 1. The van der Waals surface area contributed by atoms with Crippen molar-refractivity contribution in [1.29, 1.82) is 0 Å². The van der Waals surface area contributed by atoms with Crippen molar-refractivity contribution >= 4 is 23.4 Å². The quantitative estimate of drug-likeness (QED) is 0.517. The Morgan fingerprint density at radius 1 is 1.15 bits per heavy atom. The maximum absolute atomic E-state index is 11.9. The van der Waals surface area contributed by atoms with Gasteiger partial charge in [0.2, 0.25) is 0 Å². The van der Waals surface area contributed by atoms with Crippen LogP contribution in [0.3, 0.4) is 0 Å². The van der Waals surface area contributed by atoms with Crippen LogP contribution in [-0.4, -0.2) is 12.6 Å². The van der Waals surface area contributed by atoms with Crippen LogP contribution in [-0.2, 0) is 10.5 Å². The maximum Gasteiger partial charge on any atom is 0.339 e. The van der Waals surface area contributed by atoms with Gasteiger partial charge in [0.05, 0.1) is 12.2 Å². The number of rotatable bonds is 5. The molecule has 0 heterocycles. The normalized spacial score (nSPS) is 10.2. The van der Waals surface area contributed by atoms with Gasteiger partial charge >= 0.3 is 5.97 Å². The van der Waals surface area contributed by atoms with E-state index in [4.69, 9.17) is 10.5 Å². The second-order valence-corrected chi connectivity index (χ2v) is 5.20. The van der Waals surface area contributed by atoms with Crippen LogP contribution in [0.1, 0.15) is 22.8 Å². The summed E-state index contributed by atoms with van der Waals surface area (Å²) in [7, 11) is 0. The van der Waals surface area contributed by atoms with Crippen LogP contribution in [0, 0.1) is 0 Å². The molecule has 0 bridgehead atoms. The van der Waals surface area contributed by atoms with Gasteiger partial charge in [-0.2, -0.15) is 0 Å². The van der Waals surface area contributed by atoms with E-state index in [2.05, 4.69) is 12.1 Å². The molecule has 0 aliphatic heterocycles. The van der Waals surface area contributed by atoms with Gasteiger partial charge in [0, 0.05) is 16.3 Å².